The van der Waals surface area contributed by atoms with Crippen molar-refractivity contribution in [2.75, 3.05) is 0 Å². The normalized spacial score (nSPS) is 11.5. The van der Waals surface area contributed by atoms with Crippen molar-refractivity contribution in [3.8, 4) is 11.5 Å². The van der Waals surface area contributed by atoms with Crippen LogP contribution in [-0.2, 0) is 11.8 Å². The molecule has 0 aliphatic carbocycles. The highest BCUT2D eigenvalue weighted by molar-refractivity contribution is 5.94. The highest BCUT2D eigenvalue weighted by Gasteiger charge is 2.24. The molecule has 1 N–H and O–H groups in total. The summed E-state index contributed by atoms with van der Waals surface area (Å²) in [4.78, 5) is 13.0. The predicted molar refractivity (Wildman–Crippen MR) is 134 cm³/mol. The topological polar surface area (TPSA) is 46.5 Å². The van der Waals surface area contributed by atoms with E-state index in [1.165, 1.54) is 44.9 Å². The van der Waals surface area contributed by atoms with Crippen molar-refractivity contribution in [1.82, 2.24) is 0 Å². The molecule has 0 atom stereocenters. The molecule has 0 saturated heterocycles. The Morgan fingerprint density at radius 1 is 0.875 bits per heavy atom. The van der Waals surface area contributed by atoms with Crippen LogP contribution in [0.4, 0.5) is 0 Å². The standard InChI is InChI=1S/C29H42O3/c1-5-7-9-10-11-12-16-23-17-13-14-18-27(23)32-28(31)25-22-24(19-20-26(25)30)29(3,4)21-15-8-6-2/h13-14,17-20,22,30H,5-12,15-16,21H2,1-4H3. The third-order valence-electron chi connectivity index (χ3n) is 6.38. The predicted octanol–water partition coefficient (Wildman–Crippen LogP) is 8.37. The molecule has 32 heavy (non-hydrogen) atoms. The number of hydrogen-bond donors (Lipinski definition) is 1. The Morgan fingerprint density at radius 2 is 1.53 bits per heavy atom. The van der Waals surface area contributed by atoms with Gasteiger partial charge in [0.15, 0.2) is 0 Å². The Labute approximate surface area is 195 Å². The molecule has 0 unspecified atom stereocenters. The number of phenols is 1. The van der Waals surface area contributed by atoms with Gasteiger partial charge in [-0.2, -0.15) is 0 Å². The zero-order valence-electron chi connectivity index (χ0n) is 20.6. The number of carbonyl (C=O) groups is 1. The van der Waals surface area contributed by atoms with E-state index in [1.54, 1.807) is 12.1 Å². The smallest absolute Gasteiger partial charge is 0.347 e. The lowest BCUT2D eigenvalue weighted by Gasteiger charge is -2.26. The molecule has 0 bridgehead atoms. The first-order chi connectivity index (χ1) is 15.4. The molecule has 2 aromatic rings. The molecule has 0 aliphatic heterocycles. The van der Waals surface area contributed by atoms with Gasteiger partial charge in [0.1, 0.15) is 17.1 Å². The van der Waals surface area contributed by atoms with Crippen molar-refractivity contribution >= 4 is 5.97 Å². The first kappa shape index (κ1) is 26.0. The van der Waals surface area contributed by atoms with Crippen LogP contribution in [0.15, 0.2) is 42.5 Å². The van der Waals surface area contributed by atoms with Gasteiger partial charge < -0.3 is 9.84 Å². The largest absolute Gasteiger partial charge is 0.507 e. The molecule has 0 radical (unpaired) electrons. The van der Waals surface area contributed by atoms with Gasteiger partial charge in [0.25, 0.3) is 0 Å². The van der Waals surface area contributed by atoms with E-state index in [0.717, 1.165) is 36.8 Å². The maximum absolute atomic E-state index is 13.0. The van der Waals surface area contributed by atoms with Crippen LogP contribution in [0, 0.1) is 0 Å². The minimum atomic E-state index is -0.496. The van der Waals surface area contributed by atoms with E-state index in [2.05, 4.69) is 27.7 Å². The molecular weight excluding hydrogens is 396 g/mol. The Bertz CT molecular complexity index is 838. The lowest BCUT2D eigenvalue weighted by atomic mass is 9.79. The van der Waals surface area contributed by atoms with Crippen molar-refractivity contribution in [2.24, 2.45) is 0 Å². The summed E-state index contributed by atoms with van der Waals surface area (Å²) in [6, 6.07) is 13.1. The quantitative estimate of drug-likeness (QED) is 0.183. The SMILES string of the molecule is CCCCCCCCc1ccccc1OC(=O)c1cc(C(C)(C)CCCCC)ccc1O. The molecule has 176 valence electrons. The molecule has 0 saturated carbocycles. The van der Waals surface area contributed by atoms with Gasteiger partial charge in [-0.25, -0.2) is 4.79 Å². The van der Waals surface area contributed by atoms with Crippen LogP contribution in [0.25, 0.3) is 0 Å². The molecule has 3 heteroatoms. The van der Waals surface area contributed by atoms with Crippen LogP contribution in [0.3, 0.4) is 0 Å². The van der Waals surface area contributed by atoms with E-state index in [-0.39, 0.29) is 16.7 Å². The summed E-state index contributed by atoms with van der Waals surface area (Å²) in [5, 5.41) is 10.4. The first-order valence-corrected chi connectivity index (χ1v) is 12.5. The van der Waals surface area contributed by atoms with Crippen molar-refractivity contribution < 1.29 is 14.6 Å². The van der Waals surface area contributed by atoms with Crippen LogP contribution in [0.5, 0.6) is 11.5 Å². The van der Waals surface area contributed by atoms with E-state index in [9.17, 15) is 9.90 Å². The minimum Gasteiger partial charge on any atom is -0.507 e. The van der Waals surface area contributed by atoms with Crippen LogP contribution >= 0.6 is 0 Å². The van der Waals surface area contributed by atoms with Crippen molar-refractivity contribution in [2.45, 2.75) is 104 Å². The summed E-state index contributed by atoms with van der Waals surface area (Å²) >= 11 is 0. The van der Waals surface area contributed by atoms with Gasteiger partial charge in [-0.05, 0) is 54.0 Å². The molecule has 3 nitrogen and oxygen atoms in total. The van der Waals surface area contributed by atoms with Gasteiger partial charge in [-0.3, -0.25) is 0 Å². The monoisotopic (exact) mass is 438 g/mol. The molecule has 0 fully saturated rings. The van der Waals surface area contributed by atoms with Crippen molar-refractivity contribution in [3.05, 3.63) is 59.2 Å². The molecule has 0 amide bonds. The van der Waals surface area contributed by atoms with Crippen LogP contribution in [0.2, 0.25) is 0 Å². The number of unbranched alkanes of at least 4 members (excludes halogenated alkanes) is 7. The number of ether oxygens (including phenoxy) is 1. The lowest BCUT2D eigenvalue weighted by molar-refractivity contribution is 0.0729. The molecule has 2 aromatic carbocycles. The Hall–Kier alpha value is -2.29. The van der Waals surface area contributed by atoms with E-state index < -0.39 is 5.97 Å². The maximum Gasteiger partial charge on any atom is 0.347 e. The van der Waals surface area contributed by atoms with Crippen molar-refractivity contribution in [3.63, 3.8) is 0 Å². The fourth-order valence-corrected chi connectivity index (χ4v) is 4.14. The number of esters is 1. The third-order valence-corrected chi connectivity index (χ3v) is 6.38. The molecule has 2 rings (SSSR count). The van der Waals surface area contributed by atoms with Crippen LogP contribution in [0.1, 0.15) is 113 Å². The summed E-state index contributed by atoms with van der Waals surface area (Å²) in [7, 11) is 0. The first-order valence-electron chi connectivity index (χ1n) is 12.5. The van der Waals surface area contributed by atoms with Gasteiger partial charge in [0, 0.05) is 0 Å². The number of aryl methyl sites for hydroxylation is 1. The second kappa shape index (κ2) is 13.3. The fraction of sp³-hybridized carbons (Fsp3) is 0.552. The second-order valence-electron chi connectivity index (χ2n) is 9.59. The highest BCUT2D eigenvalue weighted by atomic mass is 16.5. The fourth-order valence-electron chi connectivity index (χ4n) is 4.14. The zero-order chi connectivity index (χ0) is 23.4. The van der Waals surface area contributed by atoms with E-state index in [0.29, 0.717) is 5.75 Å². The summed E-state index contributed by atoms with van der Waals surface area (Å²) in [5.41, 5.74) is 2.28. The molecule has 0 aromatic heterocycles. The summed E-state index contributed by atoms with van der Waals surface area (Å²) in [5.74, 6) is 0.0682. The Balaban J connectivity index is 2.08. The van der Waals surface area contributed by atoms with E-state index >= 15 is 0 Å². The molecule has 0 spiro atoms. The van der Waals surface area contributed by atoms with Gasteiger partial charge in [-0.1, -0.05) is 103 Å². The number of para-hydroxylation sites is 1. The summed E-state index contributed by atoms with van der Waals surface area (Å²) in [6.45, 7) is 8.82. The van der Waals surface area contributed by atoms with Crippen LogP contribution < -0.4 is 4.74 Å². The number of hydrogen-bond acceptors (Lipinski definition) is 3. The number of carbonyl (C=O) groups excluding carboxylic acids is 1. The number of aromatic hydroxyl groups is 1. The third kappa shape index (κ3) is 8.00. The number of benzene rings is 2. The van der Waals surface area contributed by atoms with E-state index in [1.807, 2.05) is 30.3 Å². The average molecular weight is 439 g/mol. The zero-order valence-corrected chi connectivity index (χ0v) is 20.6. The Kier molecular flexibility index (Phi) is 10.8. The van der Waals surface area contributed by atoms with E-state index in [4.69, 9.17) is 4.74 Å². The molecule has 0 aliphatic rings. The summed E-state index contributed by atoms with van der Waals surface area (Å²) < 4.78 is 5.78. The Morgan fingerprint density at radius 3 is 2.28 bits per heavy atom. The van der Waals surface area contributed by atoms with Gasteiger partial charge >= 0.3 is 5.97 Å². The summed E-state index contributed by atoms with van der Waals surface area (Å²) in [6.07, 6.45) is 12.8. The van der Waals surface area contributed by atoms with Crippen LogP contribution in [-0.4, -0.2) is 11.1 Å². The number of rotatable bonds is 14. The van der Waals surface area contributed by atoms with Crippen molar-refractivity contribution in [1.29, 1.82) is 0 Å². The lowest BCUT2D eigenvalue weighted by Crippen LogP contribution is -2.18. The van der Waals surface area contributed by atoms with Gasteiger partial charge in [0.2, 0.25) is 0 Å². The number of phenolic OH excluding ortho intramolecular Hbond substituents is 1. The van der Waals surface area contributed by atoms with Gasteiger partial charge in [0.05, 0.1) is 0 Å². The minimum absolute atomic E-state index is 0.0310. The average Bonchev–Trinajstić information content (AvgIpc) is 2.77. The molecular formula is C29H42O3. The maximum atomic E-state index is 13.0. The highest BCUT2D eigenvalue weighted by Crippen LogP contribution is 2.33. The van der Waals surface area contributed by atoms with Gasteiger partial charge in [-0.15, -0.1) is 0 Å². The second-order valence-corrected chi connectivity index (χ2v) is 9.59. The molecule has 0 heterocycles.